The van der Waals surface area contributed by atoms with E-state index in [-0.39, 0.29) is 0 Å². The Labute approximate surface area is 73.8 Å². The third-order valence-electron chi connectivity index (χ3n) is 1.50. The molecular formula is C8H9F3N2. The summed E-state index contributed by atoms with van der Waals surface area (Å²) in [6.07, 6.45) is -1.28. The fraction of sp³-hybridized carbons (Fsp3) is 0.375. The molecule has 1 N–H and O–H groups in total. The number of halogens is 3. The molecule has 0 saturated carbocycles. The van der Waals surface area contributed by atoms with Gasteiger partial charge in [-0.15, -0.1) is 0 Å². The fourth-order valence-electron chi connectivity index (χ4n) is 0.787. The zero-order valence-corrected chi connectivity index (χ0v) is 6.97. The van der Waals surface area contributed by atoms with E-state index in [2.05, 4.69) is 10.3 Å². The molecule has 1 atom stereocenters. The molecule has 1 unspecified atom stereocenters. The van der Waals surface area contributed by atoms with Crippen LogP contribution in [-0.4, -0.2) is 17.5 Å². The van der Waals surface area contributed by atoms with Gasteiger partial charge in [-0.25, -0.2) is 13.8 Å². The summed E-state index contributed by atoms with van der Waals surface area (Å²) in [6, 6.07) is 1.51. The van der Waals surface area contributed by atoms with Gasteiger partial charge in [-0.1, -0.05) is 0 Å². The highest BCUT2D eigenvalue weighted by molar-refractivity contribution is 5.40. The van der Waals surface area contributed by atoms with E-state index in [1.165, 1.54) is 19.2 Å². The van der Waals surface area contributed by atoms with Crippen LogP contribution in [0.15, 0.2) is 18.3 Å². The number of nitrogens with one attached hydrogen (secondary N) is 1. The van der Waals surface area contributed by atoms with Crippen molar-refractivity contribution in [2.45, 2.75) is 19.4 Å². The smallest absolute Gasteiger partial charge is 0.258 e. The Kier molecular flexibility index (Phi) is 3.11. The summed E-state index contributed by atoms with van der Waals surface area (Å²) in [5.74, 6) is -0.629. The van der Waals surface area contributed by atoms with Gasteiger partial charge in [0.2, 0.25) is 5.95 Å². The van der Waals surface area contributed by atoms with Crippen molar-refractivity contribution in [1.82, 2.24) is 4.98 Å². The monoisotopic (exact) mass is 190 g/mol. The van der Waals surface area contributed by atoms with E-state index < -0.39 is 18.4 Å². The van der Waals surface area contributed by atoms with Gasteiger partial charge in [-0.3, -0.25) is 0 Å². The first-order chi connectivity index (χ1) is 6.09. The molecule has 0 amide bonds. The van der Waals surface area contributed by atoms with E-state index in [0.29, 0.717) is 5.69 Å². The standard InChI is InChI=1S/C8H9F3N2/c1-5(8(10)11)13-6-2-3-7(9)12-4-6/h2-5,8,13H,1H3. The van der Waals surface area contributed by atoms with Crippen LogP contribution in [0, 0.1) is 5.95 Å². The van der Waals surface area contributed by atoms with Crippen LogP contribution in [0.25, 0.3) is 0 Å². The van der Waals surface area contributed by atoms with Gasteiger partial charge in [-0.2, -0.15) is 4.39 Å². The molecule has 2 nitrogen and oxygen atoms in total. The lowest BCUT2D eigenvalue weighted by molar-refractivity contribution is 0.130. The molecule has 0 aromatic carbocycles. The molecule has 1 rings (SSSR count). The minimum Gasteiger partial charge on any atom is -0.376 e. The van der Waals surface area contributed by atoms with Crippen LogP contribution >= 0.6 is 0 Å². The Morgan fingerprint density at radius 1 is 1.38 bits per heavy atom. The number of pyridine rings is 1. The first-order valence-corrected chi connectivity index (χ1v) is 3.76. The maximum absolute atomic E-state index is 12.3. The molecule has 0 fully saturated rings. The Balaban J connectivity index is 2.59. The molecule has 0 radical (unpaired) electrons. The van der Waals surface area contributed by atoms with Gasteiger partial charge in [0.15, 0.2) is 0 Å². The van der Waals surface area contributed by atoms with Gasteiger partial charge in [-0.05, 0) is 19.1 Å². The molecule has 1 aromatic heterocycles. The third kappa shape index (κ3) is 2.93. The van der Waals surface area contributed by atoms with Gasteiger partial charge >= 0.3 is 0 Å². The SMILES string of the molecule is CC(Nc1ccc(F)nc1)C(F)F. The van der Waals surface area contributed by atoms with E-state index in [0.717, 1.165) is 6.07 Å². The van der Waals surface area contributed by atoms with E-state index in [4.69, 9.17) is 0 Å². The van der Waals surface area contributed by atoms with Crippen molar-refractivity contribution in [3.8, 4) is 0 Å². The summed E-state index contributed by atoms with van der Waals surface area (Å²) < 4.78 is 36.4. The molecule has 5 heteroatoms. The van der Waals surface area contributed by atoms with Crippen LogP contribution < -0.4 is 5.32 Å². The number of rotatable bonds is 3. The van der Waals surface area contributed by atoms with Crippen molar-refractivity contribution in [3.63, 3.8) is 0 Å². The Morgan fingerprint density at radius 3 is 2.54 bits per heavy atom. The van der Waals surface area contributed by atoms with E-state index in [9.17, 15) is 13.2 Å². The van der Waals surface area contributed by atoms with Crippen LogP contribution in [0.3, 0.4) is 0 Å². The first-order valence-electron chi connectivity index (χ1n) is 3.76. The lowest BCUT2D eigenvalue weighted by Crippen LogP contribution is -2.23. The molecule has 1 aromatic rings. The molecule has 72 valence electrons. The summed E-state index contributed by atoms with van der Waals surface area (Å²) in [4.78, 5) is 3.32. The molecule has 1 heterocycles. The molecular weight excluding hydrogens is 181 g/mol. The average Bonchev–Trinajstić information content (AvgIpc) is 2.08. The number of hydrogen-bond acceptors (Lipinski definition) is 2. The van der Waals surface area contributed by atoms with Crippen molar-refractivity contribution in [3.05, 3.63) is 24.3 Å². The van der Waals surface area contributed by atoms with E-state index >= 15 is 0 Å². The van der Waals surface area contributed by atoms with Crippen molar-refractivity contribution in [1.29, 1.82) is 0 Å². The topological polar surface area (TPSA) is 24.9 Å². The number of anilines is 1. The maximum Gasteiger partial charge on any atom is 0.258 e. The van der Waals surface area contributed by atoms with Crippen molar-refractivity contribution in [2.75, 3.05) is 5.32 Å². The van der Waals surface area contributed by atoms with Gasteiger partial charge in [0.1, 0.15) is 0 Å². The van der Waals surface area contributed by atoms with Crippen molar-refractivity contribution in [2.24, 2.45) is 0 Å². The fourth-order valence-corrected chi connectivity index (χ4v) is 0.787. The zero-order chi connectivity index (χ0) is 9.84. The number of alkyl halides is 2. The zero-order valence-electron chi connectivity index (χ0n) is 6.97. The number of aromatic nitrogens is 1. The number of hydrogen-bond donors (Lipinski definition) is 1. The molecule has 0 aliphatic heterocycles. The second kappa shape index (κ2) is 4.11. The predicted molar refractivity (Wildman–Crippen MR) is 43.3 cm³/mol. The number of nitrogens with zero attached hydrogens (tertiary/aromatic N) is 1. The second-order valence-corrected chi connectivity index (χ2v) is 2.64. The van der Waals surface area contributed by atoms with Gasteiger partial charge < -0.3 is 5.32 Å². The van der Waals surface area contributed by atoms with Crippen LogP contribution in [-0.2, 0) is 0 Å². The molecule has 0 spiro atoms. The Hall–Kier alpha value is -1.26. The van der Waals surface area contributed by atoms with Crippen LogP contribution in [0.5, 0.6) is 0 Å². The van der Waals surface area contributed by atoms with Gasteiger partial charge in [0.25, 0.3) is 6.43 Å². The summed E-state index contributed by atoms with van der Waals surface area (Å²) in [5, 5.41) is 2.49. The largest absolute Gasteiger partial charge is 0.376 e. The summed E-state index contributed by atoms with van der Waals surface area (Å²) in [5.41, 5.74) is 0.384. The predicted octanol–water partition coefficient (Wildman–Crippen LogP) is 2.29. The first kappa shape index (κ1) is 9.83. The van der Waals surface area contributed by atoms with E-state index in [1.54, 1.807) is 0 Å². The van der Waals surface area contributed by atoms with Gasteiger partial charge in [0.05, 0.1) is 17.9 Å². The highest BCUT2D eigenvalue weighted by Crippen LogP contribution is 2.10. The summed E-state index contributed by atoms with van der Waals surface area (Å²) in [6.45, 7) is 1.34. The highest BCUT2D eigenvalue weighted by atomic mass is 19.3. The lowest BCUT2D eigenvalue weighted by Gasteiger charge is -2.13. The molecule has 13 heavy (non-hydrogen) atoms. The minimum atomic E-state index is -2.45. The second-order valence-electron chi connectivity index (χ2n) is 2.64. The molecule has 0 bridgehead atoms. The maximum atomic E-state index is 12.3. The molecule has 0 aliphatic rings. The van der Waals surface area contributed by atoms with Crippen LogP contribution in [0.4, 0.5) is 18.9 Å². The molecule has 0 saturated heterocycles. The van der Waals surface area contributed by atoms with Crippen LogP contribution in [0.2, 0.25) is 0 Å². The van der Waals surface area contributed by atoms with Crippen LogP contribution in [0.1, 0.15) is 6.92 Å². The van der Waals surface area contributed by atoms with Crippen molar-refractivity contribution < 1.29 is 13.2 Å². The lowest BCUT2D eigenvalue weighted by atomic mass is 10.3. The van der Waals surface area contributed by atoms with Crippen molar-refractivity contribution >= 4 is 5.69 Å². The molecule has 0 aliphatic carbocycles. The summed E-state index contributed by atoms with van der Waals surface area (Å²) >= 11 is 0. The highest BCUT2D eigenvalue weighted by Gasteiger charge is 2.13. The van der Waals surface area contributed by atoms with E-state index in [1.807, 2.05) is 0 Å². The normalized spacial score (nSPS) is 13.0. The Bertz CT molecular complexity index is 261. The third-order valence-corrected chi connectivity index (χ3v) is 1.50. The summed E-state index contributed by atoms with van der Waals surface area (Å²) in [7, 11) is 0. The van der Waals surface area contributed by atoms with Gasteiger partial charge in [0, 0.05) is 0 Å². The quantitative estimate of drug-likeness (QED) is 0.739. The average molecular weight is 190 g/mol. The minimum absolute atomic E-state index is 0.384. The Morgan fingerprint density at radius 2 is 2.08 bits per heavy atom.